The van der Waals surface area contributed by atoms with E-state index < -0.39 is 0 Å². The largest absolute Gasteiger partial charge is 0.399 e. The second kappa shape index (κ2) is 4.69. The van der Waals surface area contributed by atoms with Gasteiger partial charge in [0, 0.05) is 29.7 Å². The molecule has 0 fully saturated rings. The third-order valence-corrected chi connectivity index (χ3v) is 2.93. The van der Waals surface area contributed by atoms with Crippen LogP contribution >= 0.6 is 0 Å². The fraction of sp³-hybridized carbons (Fsp3) is 0.154. The Balaban J connectivity index is 1.80. The molecule has 1 amide bonds. The Hall–Kier alpha value is -2.83. The van der Waals surface area contributed by atoms with E-state index in [0.717, 1.165) is 10.9 Å². The van der Waals surface area contributed by atoms with Crippen molar-refractivity contribution in [3.05, 3.63) is 41.7 Å². The van der Waals surface area contributed by atoms with E-state index in [-0.39, 0.29) is 12.5 Å². The molecule has 0 bridgehead atoms. The maximum Gasteiger partial charge on any atom is 0.253 e. The minimum atomic E-state index is -0.218. The molecule has 0 unspecified atom stereocenters. The number of anilines is 1. The number of H-pyrrole nitrogens is 1. The van der Waals surface area contributed by atoms with Crippen LogP contribution in [0.15, 0.2) is 28.9 Å². The zero-order chi connectivity index (χ0) is 14.1. The monoisotopic (exact) mass is 271 g/mol. The molecule has 3 aromatic rings. The third-order valence-electron chi connectivity index (χ3n) is 2.93. The molecular weight excluding hydrogens is 258 g/mol. The number of aromatic amines is 1. The van der Waals surface area contributed by atoms with Crippen LogP contribution in [0.2, 0.25) is 0 Å². The van der Waals surface area contributed by atoms with Crippen LogP contribution in [0, 0.1) is 6.92 Å². The second-order valence-electron chi connectivity index (χ2n) is 4.42. The summed E-state index contributed by atoms with van der Waals surface area (Å²) in [5, 5.41) is 7.24. The number of aryl methyl sites for hydroxylation is 1. The number of carbonyl (C=O) groups excluding carboxylic acids is 1. The molecule has 102 valence electrons. The molecule has 2 heterocycles. The zero-order valence-corrected chi connectivity index (χ0v) is 10.8. The molecule has 7 nitrogen and oxygen atoms in total. The van der Waals surface area contributed by atoms with Crippen molar-refractivity contribution in [3.63, 3.8) is 0 Å². The summed E-state index contributed by atoms with van der Waals surface area (Å²) in [5.74, 6) is 0.689. The zero-order valence-electron chi connectivity index (χ0n) is 10.8. The van der Waals surface area contributed by atoms with Gasteiger partial charge in [0.05, 0.1) is 12.1 Å². The Kier molecular flexibility index (Phi) is 2.86. The van der Waals surface area contributed by atoms with Gasteiger partial charge in [-0.2, -0.15) is 4.98 Å². The first-order chi connectivity index (χ1) is 9.63. The van der Waals surface area contributed by atoms with E-state index >= 15 is 0 Å². The topological polar surface area (TPSA) is 110 Å². The highest BCUT2D eigenvalue weighted by molar-refractivity contribution is 6.07. The predicted molar refractivity (Wildman–Crippen MR) is 72.9 cm³/mol. The van der Waals surface area contributed by atoms with Crippen molar-refractivity contribution < 1.29 is 9.32 Å². The summed E-state index contributed by atoms with van der Waals surface area (Å²) in [6.45, 7) is 1.91. The molecule has 0 spiro atoms. The second-order valence-corrected chi connectivity index (χ2v) is 4.42. The van der Waals surface area contributed by atoms with E-state index in [0.29, 0.717) is 23.0 Å². The first kappa shape index (κ1) is 12.2. The lowest BCUT2D eigenvalue weighted by molar-refractivity contribution is 0.0951. The van der Waals surface area contributed by atoms with Gasteiger partial charge in [0.1, 0.15) is 0 Å². The lowest BCUT2D eigenvalue weighted by Gasteiger charge is -2.01. The van der Waals surface area contributed by atoms with Gasteiger partial charge in [0.15, 0.2) is 5.82 Å². The Morgan fingerprint density at radius 1 is 1.50 bits per heavy atom. The van der Waals surface area contributed by atoms with Crippen LogP contribution in [0.5, 0.6) is 0 Å². The number of fused-ring (bicyclic) bond motifs is 1. The summed E-state index contributed by atoms with van der Waals surface area (Å²) in [5.41, 5.74) is 7.75. The number of nitrogens with one attached hydrogen (secondary N) is 2. The van der Waals surface area contributed by atoms with Crippen LogP contribution in [0.4, 0.5) is 5.69 Å². The lowest BCUT2D eigenvalue weighted by atomic mass is 10.1. The number of hydrogen-bond acceptors (Lipinski definition) is 5. The molecule has 1 aromatic carbocycles. The summed E-state index contributed by atoms with van der Waals surface area (Å²) in [7, 11) is 0. The van der Waals surface area contributed by atoms with E-state index in [1.165, 1.54) is 0 Å². The van der Waals surface area contributed by atoms with Crippen LogP contribution < -0.4 is 11.1 Å². The van der Waals surface area contributed by atoms with Crippen LogP contribution in [0.1, 0.15) is 22.1 Å². The number of aromatic nitrogens is 3. The van der Waals surface area contributed by atoms with Gasteiger partial charge in [0.2, 0.25) is 5.89 Å². The van der Waals surface area contributed by atoms with Gasteiger partial charge in [-0.15, -0.1) is 0 Å². The minimum Gasteiger partial charge on any atom is -0.399 e. The first-order valence-corrected chi connectivity index (χ1v) is 6.07. The molecule has 4 N–H and O–H groups in total. The van der Waals surface area contributed by atoms with Crippen molar-refractivity contribution in [2.75, 3.05) is 5.73 Å². The summed E-state index contributed by atoms with van der Waals surface area (Å²) in [4.78, 5) is 19.2. The number of nitrogens with zero attached hydrogens (tertiary/aromatic N) is 2. The number of rotatable bonds is 3. The van der Waals surface area contributed by atoms with E-state index in [1.807, 2.05) is 6.07 Å². The van der Waals surface area contributed by atoms with Gasteiger partial charge in [-0.05, 0) is 18.2 Å². The van der Waals surface area contributed by atoms with Gasteiger partial charge < -0.3 is 20.6 Å². The van der Waals surface area contributed by atoms with Crippen molar-refractivity contribution in [2.24, 2.45) is 0 Å². The maximum absolute atomic E-state index is 12.2. The quantitative estimate of drug-likeness (QED) is 0.623. The minimum absolute atomic E-state index is 0.213. The number of hydrogen-bond donors (Lipinski definition) is 3. The fourth-order valence-electron chi connectivity index (χ4n) is 1.99. The number of carbonyl (C=O) groups is 1. The lowest BCUT2D eigenvalue weighted by Crippen LogP contribution is -2.23. The van der Waals surface area contributed by atoms with Crippen molar-refractivity contribution in [3.8, 4) is 0 Å². The van der Waals surface area contributed by atoms with Crippen LogP contribution in [0.25, 0.3) is 10.9 Å². The molecule has 0 saturated carbocycles. The van der Waals surface area contributed by atoms with Gasteiger partial charge >= 0.3 is 0 Å². The summed E-state index contributed by atoms with van der Waals surface area (Å²) < 4.78 is 4.84. The Bertz CT molecular complexity index is 774. The normalized spacial score (nSPS) is 10.8. The van der Waals surface area contributed by atoms with Crippen LogP contribution in [-0.4, -0.2) is 21.0 Å². The predicted octanol–water partition coefficient (Wildman–Crippen LogP) is 1.37. The van der Waals surface area contributed by atoms with Crippen molar-refractivity contribution in [1.29, 1.82) is 0 Å². The molecule has 0 aliphatic carbocycles. The molecular formula is C13H13N5O2. The third kappa shape index (κ3) is 2.20. The average molecular weight is 271 g/mol. The van der Waals surface area contributed by atoms with Crippen molar-refractivity contribution >= 4 is 22.5 Å². The van der Waals surface area contributed by atoms with Crippen molar-refractivity contribution in [1.82, 2.24) is 20.4 Å². The molecule has 20 heavy (non-hydrogen) atoms. The number of amides is 1. The van der Waals surface area contributed by atoms with E-state index in [4.69, 9.17) is 10.3 Å². The maximum atomic E-state index is 12.2. The Labute approximate surface area is 114 Å². The molecule has 0 aliphatic heterocycles. The van der Waals surface area contributed by atoms with Crippen molar-refractivity contribution in [2.45, 2.75) is 13.5 Å². The number of nitrogen functional groups attached to an aromatic ring is 1. The van der Waals surface area contributed by atoms with E-state index in [9.17, 15) is 4.79 Å². The molecule has 0 aliphatic rings. The first-order valence-electron chi connectivity index (χ1n) is 6.07. The molecule has 2 aromatic heterocycles. The van der Waals surface area contributed by atoms with E-state index in [2.05, 4.69) is 20.4 Å². The Morgan fingerprint density at radius 2 is 2.35 bits per heavy atom. The van der Waals surface area contributed by atoms with E-state index in [1.54, 1.807) is 25.3 Å². The molecule has 0 saturated heterocycles. The number of nitrogens with two attached hydrogens (primary N) is 1. The van der Waals surface area contributed by atoms with Gasteiger partial charge in [-0.1, -0.05) is 5.16 Å². The van der Waals surface area contributed by atoms with Crippen LogP contribution in [0.3, 0.4) is 0 Å². The summed E-state index contributed by atoms with van der Waals surface area (Å²) in [6, 6.07) is 5.38. The summed E-state index contributed by atoms with van der Waals surface area (Å²) >= 11 is 0. The Morgan fingerprint density at radius 3 is 3.10 bits per heavy atom. The highest BCUT2D eigenvalue weighted by Crippen LogP contribution is 2.20. The smallest absolute Gasteiger partial charge is 0.253 e. The highest BCUT2D eigenvalue weighted by atomic mass is 16.5. The molecule has 7 heteroatoms. The van der Waals surface area contributed by atoms with Gasteiger partial charge in [-0.25, -0.2) is 0 Å². The molecule has 0 atom stereocenters. The SMILES string of the molecule is Cc1nc(CNC(=O)c2c[nH]c3ccc(N)cc23)no1. The van der Waals surface area contributed by atoms with Crippen LogP contribution in [-0.2, 0) is 6.54 Å². The standard InChI is InChI=1S/C13H13N5O2/c1-7-17-12(18-20-7)6-16-13(19)10-5-15-11-3-2-8(14)4-9(10)11/h2-5,15H,6,14H2,1H3,(H,16,19). The molecule has 3 rings (SSSR count). The molecule has 0 radical (unpaired) electrons. The fourth-order valence-corrected chi connectivity index (χ4v) is 1.99. The number of benzene rings is 1. The average Bonchev–Trinajstić information content (AvgIpc) is 3.02. The summed E-state index contributed by atoms with van der Waals surface area (Å²) in [6.07, 6.45) is 1.65. The van der Waals surface area contributed by atoms with Gasteiger partial charge in [-0.3, -0.25) is 4.79 Å². The highest BCUT2D eigenvalue weighted by Gasteiger charge is 2.13. The van der Waals surface area contributed by atoms with Gasteiger partial charge in [0.25, 0.3) is 5.91 Å².